The smallest absolute Gasteiger partial charge is 0.0879 e. The van der Waals surface area contributed by atoms with Gasteiger partial charge in [-0.3, -0.25) is 4.99 Å². The quantitative estimate of drug-likeness (QED) is 0.178. The van der Waals surface area contributed by atoms with Crippen molar-refractivity contribution in [3.63, 3.8) is 0 Å². The van der Waals surface area contributed by atoms with Crippen LogP contribution in [0.25, 0.3) is 54.7 Å². The minimum absolute atomic E-state index is 0.00498. The minimum atomic E-state index is -0.0408. The van der Waals surface area contributed by atoms with E-state index < -0.39 is 0 Å². The summed E-state index contributed by atoms with van der Waals surface area (Å²) in [6.45, 7) is 30.5. The number of aliphatic imine (C=N–C) groups is 1. The molecule has 7 aromatic rings. The van der Waals surface area contributed by atoms with Gasteiger partial charge in [-0.15, -0.1) is 0 Å². The Morgan fingerprint density at radius 1 is 0.596 bits per heavy atom. The molecule has 4 aromatic carbocycles. The van der Waals surface area contributed by atoms with Gasteiger partial charge in [0.1, 0.15) is 0 Å². The Morgan fingerprint density at radius 2 is 1.12 bits per heavy atom. The Hall–Kier alpha value is -4.57. The van der Waals surface area contributed by atoms with Gasteiger partial charge in [-0.1, -0.05) is 115 Å². The molecular weight excluding hydrogens is 693 g/mol. The molecule has 2 N–H and O–H groups in total. The van der Waals surface area contributed by atoms with E-state index in [1.54, 1.807) is 0 Å². The van der Waals surface area contributed by atoms with Crippen LogP contribution in [0.3, 0.4) is 0 Å². The summed E-state index contributed by atoms with van der Waals surface area (Å²) in [5.41, 5.74) is 25.6. The fourth-order valence-electron chi connectivity index (χ4n) is 10.8. The number of hydrogen-bond donors (Lipinski definition) is 1. The second kappa shape index (κ2) is 11.5. The molecule has 0 amide bonds. The zero-order chi connectivity index (χ0) is 40.5. The number of rotatable bonds is 1. The summed E-state index contributed by atoms with van der Waals surface area (Å²) in [5.74, 6) is 0.453. The monoisotopic (exact) mass is 754 g/mol. The summed E-state index contributed by atoms with van der Waals surface area (Å²) in [6.07, 6.45) is 4.72. The molecule has 2 aliphatic carbocycles. The van der Waals surface area contributed by atoms with Crippen molar-refractivity contribution in [2.75, 3.05) is 0 Å². The van der Waals surface area contributed by atoms with Gasteiger partial charge in [-0.25, -0.2) is 0 Å². The molecule has 3 unspecified atom stereocenters. The fourth-order valence-corrected chi connectivity index (χ4v) is 10.8. The van der Waals surface area contributed by atoms with E-state index in [4.69, 9.17) is 10.7 Å². The van der Waals surface area contributed by atoms with Crippen LogP contribution >= 0.6 is 0 Å². The highest BCUT2D eigenvalue weighted by Gasteiger charge is 2.48. The van der Waals surface area contributed by atoms with Crippen molar-refractivity contribution in [2.24, 2.45) is 16.6 Å². The van der Waals surface area contributed by atoms with Gasteiger partial charge in [-0.05, 0) is 117 Å². The second-order valence-electron chi connectivity index (χ2n) is 22.3. The molecule has 0 saturated heterocycles. The van der Waals surface area contributed by atoms with Gasteiger partial charge in [0.2, 0.25) is 0 Å². The first-order valence-electron chi connectivity index (χ1n) is 21.7. The molecule has 4 heteroatoms. The van der Waals surface area contributed by atoms with Crippen LogP contribution in [0.1, 0.15) is 167 Å². The van der Waals surface area contributed by atoms with Crippen molar-refractivity contribution < 1.29 is 0 Å². The van der Waals surface area contributed by atoms with E-state index in [-0.39, 0.29) is 33.6 Å². The Balaban J connectivity index is 1.41. The van der Waals surface area contributed by atoms with Gasteiger partial charge < -0.3 is 14.7 Å². The number of nitrogens with zero attached hydrogens (tertiary/aromatic N) is 3. The average molecular weight is 755 g/mol. The predicted octanol–water partition coefficient (Wildman–Crippen LogP) is 14.0. The molecule has 10 rings (SSSR count). The van der Waals surface area contributed by atoms with Crippen LogP contribution in [0.5, 0.6) is 0 Å². The number of nitrogens with two attached hydrogens (primary N) is 1. The first-order valence-corrected chi connectivity index (χ1v) is 21.7. The van der Waals surface area contributed by atoms with Crippen LogP contribution in [0.2, 0.25) is 0 Å². The lowest BCUT2D eigenvalue weighted by Crippen LogP contribution is -2.26. The van der Waals surface area contributed by atoms with Gasteiger partial charge in [-0.2, -0.15) is 0 Å². The van der Waals surface area contributed by atoms with Crippen molar-refractivity contribution in [1.29, 1.82) is 0 Å². The van der Waals surface area contributed by atoms with E-state index >= 15 is 0 Å². The van der Waals surface area contributed by atoms with Crippen LogP contribution < -0.4 is 5.73 Å². The molecule has 3 atom stereocenters. The van der Waals surface area contributed by atoms with E-state index in [1.165, 1.54) is 113 Å². The Bertz CT molecular complexity index is 2910. The molecule has 0 spiro atoms. The molecule has 0 bridgehead atoms. The molecule has 57 heavy (non-hydrogen) atoms. The maximum Gasteiger partial charge on any atom is 0.0879 e. The highest BCUT2D eigenvalue weighted by molar-refractivity contribution is 6.19. The van der Waals surface area contributed by atoms with E-state index in [1.807, 2.05) is 0 Å². The number of fused-ring (bicyclic) bond motifs is 13. The lowest BCUT2D eigenvalue weighted by Gasteiger charge is -2.33. The summed E-state index contributed by atoms with van der Waals surface area (Å²) in [7, 11) is 0. The number of hydrogen-bond acceptors (Lipinski definition) is 2. The maximum atomic E-state index is 7.81. The number of allylic oxidation sites excluding steroid dienone is 1. The van der Waals surface area contributed by atoms with E-state index in [9.17, 15) is 0 Å². The highest BCUT2D eigenvalue weighted by Crippen LogP contribution is 2.60. The Labute approximate surface area is 339 Å². The maximum absolute atomic E-state index is 7.81. The summed E-state index contributed by atoms with van der Waals surface area (Å²) in [5, 5.41) is 6.63. The highest BCUT2D eigenvalue weighted by atomic mass is 15.1. The Morgan fingerprint density at radius 3 is 1.72 bits per heavy atom. The lowest BCUT2D eigenvalue weighted by molar-refractivity contribution is 0.538. The summed E-state index contributed by atoms with van der Waals surface area (Å²) < 4.78 is 5.37. The molecule has 294 valence electrons. The van der Waals surface area contributed by atoms with Crippen molar-refractivity contribution in [2.45, 2.75) is 149 Å². The predicted molar refractivity (Wildman–Crippen MR) is 245 cm³/mol. The van der Waals surface area contributed by atoms with Crippen molar-refractivity contribution in [1.82, 2.24) is 8.97 Å². The topological polar surface area (TPSA) is 47.7 Å². The van der Waals surface area contributed by atoms with Crippen LogP contribution in [-0.4, -0.2) is 14.7 Å². The van der Waals surface area contributed by atoms with E-state index in [0.29, 0.717) is 5.92 Å². The molecule has 4 heterocycles. The van der Waals surface area contributed by atoms with E-state index in [0.717, 1.165) is 17.8 Å². The van der Waals surface area contributed by atoms with Crippen LogP contribution in [-0.2, 0) is 21.7 Å². The first kappa shape index (κ1) is 36.7. The zero-order valence-electron chi connectivity index (χ0n) is 36.8. The van der Waals surface area contributed by atoms with Crippen molar-refractivity contribution in [3.05, 3.63) is 105 Å². The standard InChI is InChI=1S/C53H62N4/c1-28-16-14-15-17-39(28)55-45-43-38-27-32(53(11,12)13)25-36-34-23-30(51(5,6)7)19-21-41(34)57(47(36)38)49(43)48-42(44(45)54)37-26-31(52(8,9)10)24-35-33-22-29(50(2,3)4)18-20-40(33)56(48)46(35)37/h18-28,43,49H,14-17,54H2,1-13H3. The second-order valence-corrected chi connectivity index (χ2v) is 22.3. The first-order chi connectivity index (χ1) is 26.6. The van der Waals surface area contributed by atoms with Gasteiger partial charge in [0.15, 0.2) is 0 Å². The third-order valence-electron chi connectivity index (χ3n) is 14.2. The molecule has 3 aliphatic rings. The summed E-state index contributed by atoms with van der Waals surface area (Å²) in [6, 6.07) is 24.5. The fraction of sp³-hybridized carbons (Fsp3) is 0.453. The number of aromatic nitrogens is 2. The van der Waals surface area contributed by atoms with Crippen molar-refractivity contribution in [3.8, 4) is 0 Å². The number of benzene rings is 4. The largest absolute Gasteiger partial charge is 0.397 e. The van der Waals surface area contributed by atoms with Gasteiger partial charge >= 0.3 is 0 Å². The molecule has 1 saturated carbocycles. The molecule has 1 aliphatic heterocycles. The van der Waals surface area contributed by atoms with E-state index in [2.05, 4.69) is 160 Å². The minimum Gasteiger partial charge on any atom is -0.397 e. The lowest BCUT2D eigenvalue weighted by atomic mass is 9.77. The van der Waals surface area contributed by atoms with Crippen LogP contribution in [0, 0.1) is 5.92 Å². The van der Waals surface area contributed by atoms with Crippen molar-refractivity contribution >= 4 is 60.4 Å². The van der Waals surface area contributed by atoms with Crippen LogP contribution in [0.15, 0.2) is 71.4 Å². The normalized spacial score (nSPS) is 21.4. The van der Waals surface area contributed by atoms with Gasteiger partial charge in [0, 0.05) is 43.7 Å². The summed E-state index contributed by atoms with van der Waals surface area (Å²) in [4.78, 5) is 5.83. The SMILES string of the molecule is CC1CCCCC1=NC1=C(N)c2c(n3c4ccc(C(C)(C)C)cc4c4cc(C(C)(C)C)cc2c43)C2C1c1cc(C(C)(C)C)cc3c4cc(C(C)(C)C)ccc4n2c13. The third kappa shape index (κ3) is 5.14. The van der Waals surface area contributed by atoms with Gasteiger partial charge in [0.05, 0.1) is 45.6 Å². The van der Waals surface area contributed by atoms with Crippen LogP contribution in [0.4, 0.5) is 0 Å². The Kier molecular flexibility index (Phi) is 7.44. The summed E-state index contributed by atoms with van der Waals surface area (Å²) >= 11 is 0. The molecule has 1 fully saturated rings. The zero-order valence-corrected chi connectivity index (χ0v) is 36.8. The molecule has 4 nitrogen and oxygen atoms in total. The third-order valence-corrected chi connectivity index (χ3v) is 14.2. The average Bonchev–Trinajstić information content (AvgIpc) is 3.84. The molecular formula is C53H62N4. The van der Waals surface area contributed by atoms with Gasteiger partial charge in [0.25, 0.3) is 0 Å². The molecule has 0 radical (unpaired) electrons. The molecule has 3 aromatic heterocycles.